The Kier molecular flexibility index (Phi) is 4.49. The molecule has 1 aromatic carbocycles. The van der Waals surface area contributed by atoms with Crippen molar-refractivity contribution in [2.24, 2.45) is 5.41 Å². The second-order valence-electron chi connectivity index (χ2n) is 6.67. The minimum atomic E-state index is -1.41. The summed E-state index contributed by atoms with van der Waals surface area (Å²) in [5.41, 5.74) is -0.584. The molecule has 1 aromatic rings. The third kappa shape index (κ3) is 2.84. The fourth-order valence-corrected chi connectivity index (χ4v) is 3.76. The summed E-state index contributed by atoms with van der Waals surface area (Å²) in [6.45, 7) is -0.0461. The first-order chi connectivity index (χ1) is 12.3. The molecule has 0 bridgehead atoms. The predicted molar refractivity (Wildman–Crippen MR) is 87.6 cm³/mol. The molecule has 2 aliphatic heterocycles. The van der Waals surface area contributed by atoms with Gasteiger partial charge in [-0.25, -0.2) is 9.59 Å². The maximum Gasteiger partial charge on any atom is 0.408 e. The number of ether oxygens (including phenoxy) is 1. The molecule has 0 aromatic heterocycles. The van der Waals surface area contributed by atoms with Gasteiger partial charge in [-0.2, -0.15) is 0 Å². The zero-order valence-electron chi connectivity index (χ0n) is 14.2. The predicted octanol–water partition coefficient (Wildman–Crippen LogP) is 0.222. The van der Waals surface area contributed by atoms with Crippen LogP contribution in [-0.2, 0) is 16.1 Å². The molecular weight excluding hydrogens is 344 g/mol. The number of nitrogens with zero attached hydrogens (tertiary/aromatic N) is 2. The summed E-state index contributed by atoms with van der Waals surface area (Å²) in [5, 5.41) is 29.0. The van der Waals surface area contributed by atoms with Crippen LogP contribution in [0.1, 0.15) is 12.0 Å². The number of carboxylic acid groups (broad SMARTS) is 2. The van der Waals surface area contributed by atoms with E-state index in [4.69, 9.17) is 4.74 Å². The summed E-state index contributed by atoms with van der Waals surface area (Å²) in [5.74, 6) is -1.07. The van der Waals surface area contributed by atoms with Crippen LogP contribution in [0.25, 0.3) is 0 Å². The number of benzene rings is 1. The second-order valence-corrected chi connectivity index (χ2v) is 6.67. The fourth-order valence-electron chi connectivity index (χ4n) is 3.76. The molecule has 2 fully saturated rings. The largest absolute Gasteiger partial charge is 0.497 e. The molecule has 2 heterocycles. The lowest BCUT2D eigenvalue weighted by atomic mass is 9.81. The Bertz CT molecular complexity index is 711. The first kappa shape index (κ1) is 18.0. The Morgan fingerprint density at radius 1 is 1.27 bits per heavy atom. The van der Waals surface area contributed by atoms with E-state index in [0.717, 1.165) is 10.5 Å². The number of aliphatic hydroxyl groups excluding tert-OH is 1. The molecule has 9 nitrogen and oxygen atoms in total. The van der Waals surface area contributed by atoms with Gasteiger partial charge in [-0.05, 0) is 24.1 Å². The van der Waals surface area contributed by atoms with Crippen molar-refractivity contribution in [2.75, 3.05) is 20.2 Å². The number of rotatable bonds is 4. The normalized spacial score (nSPS) is 28.0. The van der Waals surface area contributed by atoms with Gasteiger partial charge in [-0.3, -0.25) is 9.69 Å². The van der Waals surface area contributed by atoms with Crippen LogP contribution in [-0.4, -0.2) is 75.4 Å². The van der Waals surface area contributed by atoms with Crippen LogP contribution < -0.4 is 4.74 Å². The molecule has 2 aliphatic rings. The summed E-state index contributed by atoms with van der Waals surface area (Å²) in [6, 6.07) is 5.75. The number of amides is 2. The lowest BCUT2D eigenvalue weighted by Crippen LogP contribution is -2.42. The topological polar surface area (TPSA) is 128 Å². The molecule has 1 spiro atoms. The van der Waals surface area contributed by atoms with Gasteiger partial charge in [-0.15, -0.1) is 0 Å². The second kappa shape index (κ2) is 6.49. The number of methoxy groups -OCH3 is 1. The third-order valence-corrected chi connectivity index (χ3v) is 5.19. The number of carbonyl (C=O) groups is 3. The number of hydrogen-bond acceptors (Lipinski definition) is 5. The van der Waals surface area contributed by atoms with Gasteiger partial charge in [0, 0.05) is 19.6 Å². The van der Waals surface area contributed by atoms with Crippen molar-refractivity contribution in [3.8, 4) is 5.75 Å². The molecule has 3 atom stereocenters. The average molecular weight is 364 g/mol. The molecule has 3 rings (SSSR count). The van der Waals surface area contributed by atoms with E-state index in [9.17, 15) is 29.7 Å². The van der Waals surface area contributed by atoms with E-state index in [1.54, 1.807) is 31.4 Å². The van der Waals surface area contributed by atoms with Crippen LogP contribution in [0.2, 0.25) is 0 Å². The Balaban J connectivity index is 1.81. The molecule has 0 radical (unpaired) electrons. The maximum absolute atomic E-state index is 12.9. The number of carboxylic acids is 1. The SMILES string of the molecule is COc1ccc(CN2CC(O)C3(C[C@@H](C(=O)O)N(C(=O)O)C3)C2=O)cc1. The van der Waals surface area contributed by atoms with Crippen molar-refractivity contribution >= 4 is 18.0 Å². The fraction of sp³-hybridized carbons (Fsp3) is 0.471. The molecular formula is C17H20N2O7. The lowest BCUT2D eigenvalue weighted by Gasteiger charge is -2.24. The molecule has 26 heavy (non-hydrogen) atoms. The van der Waals surface area contributed by atoms with Crippen molar-refractivity contribution < 1.29 is 34.4 Å². The summed E-state index contributed by atoms with van der Waals surface area (Å²) >= 11 is 0. The zero-order valence-corrected chi connectivity index (χ0v) is 14.2. The number of β-amino-alcohol motifs (C(OH)–C–C–N with tert-alkyl or cyclic N) is 1. The zero-order chi connectivity index (χ0) is 19.1. The molecule has 0 saturated carbocycles. The Labute approximate surface area is 149 Å². The standard InChI is InChI=1S/C17H20N2O7/c1-26-11-4-2-10(3-5-11)7-18-8-13(20)17(15(18)23)6-12(14(21)22)19(9-17)16(24)25/h2-5,12-13,20H,6-9H2,1H3,(H,21,22)(H,24,25)/t12-,13?,17?/m0/s1. The Morgan fingerprint density at radius 3 is 2.42 bits per heavy atom. The van der Waals surface area contributed by atoms with Crippen LogP contribution in [0.4, 0.5) is 4.79 Å². The highest BCUT2D eigenvalue weighted by Gasteiger charge is 2.61. The molecule has 0 aliphatic carbocycles. The van der Waals surface area contributed by atoms with E-state index in [2.05, 4.69) is 0 Å². The minimum Gasteiger partial charge on any atom is -0.497 e. The van der Waals surface area contributed by atoms with Crippen molar-refractivity contribution in [1.29, 1.82) is 0 Å². The molecule has 140 valence electrons. The molecule has 9 heteroatoms. The van der Waals surface area contributed by atoms with Crippen LogP contribution in [0.5, 0.6) is 5.75 Å². The van der Waals surface area contributed by atoms with Crippen LogP contribution >= 0.6 is 0 Å². The summed E-state index contributed by atoms with van der Waals surface area (Å²) in [4.78, 5) is 37.8. The molecule has 2 unspecified atom stereocenters. The Hall–Kier alpha value is -2.81. The highest BCUT2D eigenvalue weighted by atomic mass is 16.5. The van der Waals surface area contributed by atoms with E-state index < -0.39 is 35.5 Å². The third-order valence-electron chi connectivity index (χ3n) is 5.19. The summed E-state index contributed by atoms with van der Waals surface area (Å²) < 4.78 is 5.08. The van der Waals surface area contributed by atoms with Gasteiger partial charge in [-0.1, -0.05) is 12.1 Å². The van der Waals surface area contributed by atoms with Crippen LogP contribution in [0.15, 0.2) is 24.3 Å². The first-order valence-electron chi connectivity index (χ1n) is 8.11. The minimum absolute atomic E-state index is 0.0324. The van der Waals surface area contributed by atoms with Crippen molar-refractivity contribution in [3.05, 3.63) is 29.8 Å². The molecule has 2 amide bonds. The van der Waals surface area contributed by atoms with Gasteiger partial charge >= 0.3 is 12.1 Å². The Morgan fingerprint density at radius 2 is 1.92 bits per heavy atom. The van der Waals surface area contributed by atoms with Crippen molar-refractivity contribution in [3.63, 3.8) is 0 Å². The van der Waals surface area contributed by atoms with Crippen LogP contribution in [0, 0.1) is 5.41 Å². The number of aliphatic carboxylic acids is 1. The number of hydrogen-bond donors (Lipinski definition) is 3. The van der Waals surface area contributed by atoms with E-state index in [0.29, 0.717) is 5.75 Å². The highest BCUT2D eigenvalue weighted by Crippen LogP contribution is 2.44. The number of carbonyl (C=O) groups excluding carboxylic acids is 1. The number of aliphatic hydroxyl groups is 1. The smallest absolute Gasteiger partial charge is 0.408 e. The quantitative estimate of drug-likeness (QED) is 0.697. The number of likely N-dealkylation sites (tertiary alicyclic amines) is 2. The van der Waals surface area contributed by atoms with Gasteiger partial charge in [0.05, 0.1) is 18.6 Å². The van der Waals surface area contributed by atoms with Gasteiger partial charge in [0.1, 0.15) is 11.8 Å². The van der Waals surface area contributed by atoms with Crippen molar-refractivity contribution in [2.45, 2.75) is 25.1 Å². The lowest BCUT2D eigenvalue weighted by molar-refractivity contribution is -0.141. The van der Waals surface area contributed by atoms with E-state index >= 15 is 0 Å². The van der Waals surface area contributed by atoms with Gasteiger partial charge in [0.15, 0.2) is 0 Å². The van der Waals surface area contributed by atoms with E-state index in [1.165, 1.54) is 4.90 Å². The molecule has 3 N–H and O–H groups in total. The van der Waals surface area contributed by atoms with Gasteiger partial charge in [0.2, 0.25) is 5.91 Å². The van der Waals surface area contributed by atoms with Gasteiger partial charge in [0.25, 0.3) is 0 Å². The van der Waals surface area contributed by atoms with Crippen LogP contribution in [0.3, 0.4) is 0 Å². The summed E-state index contributed by atoms with van der Waals surface area (Å²) in [6.07, 6.45) is -2.77. The van der Waals surface area contributed by atoms with E-state index in [1.807, 2.05) is 0 Å². The van der Waals surface area contributed by atoms with Crippen molar-refractivity contribution in [1.82, 2.24) is 9.80 Å². The van der Waals surface area contributed by atoms with Gasteiger partial charge < -0.3 is 25.0 Å². The monoisotopic (exact) mass is 364 g/mol. The average Bonchev–Trinajstić information content (AvgIpc) is 3.12. The molecule has 2 saturated heterocycles. The van der Waals surface area contributed by atoms with E-state index in [-0.39, 0.29) is 26.1 Å². The highest BCUT2D eigenvalue weighted by molar-refractivity contribution is 5.90. The first-order valence-corrected chi connectivity index (χ1v) is 8.11. The summed E-state index contributed by atoms with van der Waals surface area (Å²) in [7, 11) is 1.55. The maximum atomic E-state index is 12.9.